The number of hydrogen-bond donors (Lipinski definition) is 0. The summed E-state index contributed by atoms with van der Waals surface area (Å²) in [5, 5.41) is 11.6. The van der Waals surface area contributed by atoms with Crippen molar-refractivity contribution in [1.82, 2.24) is 0 Å². The van der Waals surface area contributed by atoms with Crippen LogP contribution in [0.3, 0.4) is 0 Å². The molecule has 0 bridgehead atoms. The maximum atomic E-state index is 12.7. The smallest absolute Gasteiger partial charge is 0.306 e. The summed E-state index contributed by atoms with van der Waals surface area (Å²) in [4.78, 5) is 36.8. The number of unbranched alkanes of at least 4 members (excludes halogenated alkanes) is 25. The molecule has 2 atom stereocenters. The molecule has 0 aliphatic carbocycles. The molecule has 0 saturated carbocycles. The minimum atomic E-state index is -1.12. The van der Waals surface area contributed by atoms with Crippen LogP contribution in [-0.4, -0.2) is 75.5 Å². The summed E-state index contributed by atoms with van der Waals surface area (Å²) >= 11 is 0. The second-order valence-corrected chi connectivity index (χ2v) is 16.6. The number of quaternary nitrogens is 1. The lowest BCUT2D eigenvalue weighted by molar-refractivity contribution is -0.889. The van der Waals surface area contributed by atoms with Gasteiger partial charge in [0.15, 0.2) is 6.10 Å². The topological polar surface area (TPSA) is 102 Å². The van der Waals surface area contributed by atoms with Crippen molar-refractivity contribution in [2.75, 3.05) is 41.0 Å². The van der Waals surface area contributed by atoms with Gasteiger partial charge >= 0.3 is 11.9 Å². The molecule has 318 valence electrons. The molecule has 0 aromatic carbocycles. The highest BCUT2D eigenvalue weighted by Gasteiger charge is 2.25. The molecule has 0 radical (unpaired) electrons. The first-order valence-electron chi connectivity index (χ1n) is 22.7. The molecule has 0 spiro atoms. The van der Waals surface area contributed by atoms with Crippen molar-refractivity contribution in [1.29, 1.82) is 0 Å². The largest absolute Gasteiger partial charge is 0.544 e. The first kappa shape index (κ1) is 52.1. The van der Waals surface area contributed by atoms with E-state index in [4.69, 9.17) is 14.2 Å². The lowest BCUT2D eigenvalue weighted by Gasteiger charge is -2.34. The molecule has 0 saturated heterocycles. The van der Waals surface area contributed by atoms with Crippen LogP contribution in [-0.2, 0) is 28.6 Å². The Morgan fingerprint density at radius 2 is 0.926 bits per heavy atom. The van der Waals surface area contributed by atoms with Crippen LogP contribution in [0.5, 0.6) is 0 Å². The molecular weight excluding hydrogens is 679 g/mol. The first-order valence-corrected chi connectivity index (χ1v) is 22.7. The van der Waals surface area contributed by atoms with Gasteiger partial charge in [0.25, 0.3) is 0 Å². The van der Waals surface area contributed by atoms with E-state index >= 15 is 0 Å². The van der Waals surface area contributed by atoms with E-state index in [-0.39, 0.29) is 42.7 Å². The van der Waals surface area contributed by atoms with Crippen LogP contribution in [0, 0.1) is 0 Å². The molecule has 54 heavy (non-hydrogen) atoms. The maximum Gasteiger partial charge on any atom is 0.306 e. The van der Waals surface area contributed by atoms with E-state index in [0.717, 1.165) is 44.9 Å². The molecule has 0 fully saturated rings. The van der Waals surface area contributed by atoms with Crippen LogP contribution in [0.1, 0.15) is 213 Å². The van der Waals surface area contributed by atoms with E-state index in [1.807, 2.05) is 0 Å². The predicted molar refractivity (Wildman–Crippen MR) is 222 cm³/mol. The van der Waals surface area contributed by atoms with Gasteiger partial charge in [0.1, 0.15) is 12.6 Å². The summed E-state index contributed by atoms with van der Waals surface area (Å²) in [7, 11) is 5.41. The zero-order valence-electron chi connectivity index (χ0n) is 36.2. The highest BCUT2D eigenvalue weighted by atomic mass is 16.6. The van der Waals surface area contributed by atoms with Gasteiger partial charge in [-0.3, -0.25) is 9.59 Å². The average molecular weight is 766 g/mol. The average Bonchev–Trinajstić information content (AvgIpc) is 3.12. The van der Waals surface area contributed by atoms with Gasteiger partial charge in [0, 0.05) is 19.3 Å². The number of aliphatic carboxylic acids is 1. The van der Waals surface area contributed by atoms with E-state index in [9.17, 15) is 19.5 Å². The number of nitrogens with zero attached hydrogens (tertiary/aromatic N) is 1. The number of ether oxygens (including phenoxy) is 3. The molecule has 0 aromatic rings. The molecule has 8 heteroatoms. The molecule has 0 rings (SSSR count). The molecule has 0 aliphatic rings. The molecule has 2 unspecified atom stereocenters. The number of esters is 2. The maximum absolute atomic E-state index is 12.7. The Morgan fingerprint density at radius 3 is 1.33 bits per heavy atom. The van der Waals surface area contributed by atoms with Gasteiger partial charge < -0.3 is 28.6 Å². The van der Waals surface area contributed by atoms with E-state index in [2.05, 4.69) is 26.0 Å². The first-order chi connectivity index (χ1) is 26.1. The SMILES string of the molecule is CCCCCCCCC/C=C/CCCCCCCC(=O)OCC(COCCC(C(=O)[O-])[N+](C)(C)C)OC(=O)CCCCCCCCCCCCCCCC. The van der Waals surface area contributed by atoms with Gasteiger partial charge in [-0.15, -0.1) is 0 Å². The Balaban J connectivity index is 4.31. The van der Waals surface area contributed by atoms with Gasteiger partial charge in [0.2, 0.25) is 0 Å². The summed E-state index contributed by atoms with van der Waals surface area (Å²) in [6.07, 6.45) is 39.4. The fourth-order valence-corrected chi connectivity index (χ4v) is 6.83. The Kier molecular flexibility index (Phi) is 36.6. The molecule has 0 N–H and O–H groups in total. The summed E-state index contributed by atoms with van der Waals surface area (Å²) in [6, 6.07) is -0.722. The lowest BCUT2D eigenvalue weighted by atomic mass is 10.0. The molecule has 0 amide bonds. The third kappa shape index (κ3) is 35.8. The van der Waals surface area contributed by atoms with Crippen molar-refractivity contribution in [3.8, 4) is 0 Å². The quantitative estimate of drug-likeness (QED) is 0.0264. The Labute approximate surface area is 333 Å². The normalized spacial score (nSPS) is 13.0. The van der Waals surface area contributed by atoms with Crippen LogP contribution in [0.4, 0.5) is 0 Å². The number of carbonyl (C=O) groups excluding carboxylic acids is 3. The van der Waals surface area contributed by atoms with Gasteiger partial charge in [0.05, 0.1) is 40.3 Å². The van der Waals surface area contributed by atoms with Crippen LogP contribution in [0.2, 0.25) is 0 Å². The van der Waals surface area contributed by atoms with Crippen molar-refractivity contribution in [3.05, 3.63) is 12.2 Å². The fourth-order valence-electron chi connectivity index (χ4n) is 6.83. The van der Waals surface area contributed by atoms with Crippen molar-refractivity contribution in [2.45, 2.75) is 225 Å². The minimum absolute atomic E-state index is 0.0438. The molecule has 0 aliphatic heterocycles. The Morgan fingerprint density at radius 1 is 0.537 bits per heavy atom. The highest BCUT2D eigenvalue weighted by molar-refractivity contribution is 5.70. The Bertz CT molecular complexity index is 900. The zero-order chi connectivity index (χ0) is 40.0. The van der Waals surface area contributed by atoms with E-state index < -0.39 is 18.1 Å². The highest BCUT2D eigenvalue weighted by Crippen LogP contribution is 2.15. The van der Waals surface area contributed by atoms with E-state index in [0.29, 0.717) is 12.8 Å². The number of carbonyl (C=O) groups is 3. The summed E-state index contributed by atoms with van der Waals surface area (Å²) in [5.41, 5.74) is 0. The number of carboxylic acid groups (broad SMARTS) is 1. The molecule has 8 nitrogen and oxygen atoms in total. The van der Waals surface area contributed by atoms with Gasteiger partial charge in [-0.25, -0.2) is 0 Å². The number of carboxylic acids is 1. The number of hydrogen-bond acceptors (Lipinski definition) is 7. The zero-order valence-corrected chi connectivity index (χ0v) is 36.2. The number of rotatable bonds is 41. The van der Waals surface area contributed by atoms with Crippen LogP contribution in [0.15, 0.2) is 12.2 Å². The number of likely N-dealkylation sites (N-methyl/N-ethyl adjacent to an activating group) is 1. The van der Waals surface area contributed by atoms with Crippen molar-refractivity contribution in [3.63, 3.8) is 0 Å². The third-order valence-corrected chi connectivity index (χ3v) is 10.4. The standard InChI is InChI=1S/C46H87NO7/c1-6-8-10-12-14-16-18-20-22-23-25-26-28-30-32-34-36-44(48)53-41-42(40-52-39-38-43(46(50)51)47(3,4)5)54-45(49)37-35-33-31-29-27-24-21-19-17-15-13-11-9-7-2/h22-23,42-43H,6-21,24-41H2,1-5H3/b23-22+. The minimum Gasteiger partial charge on any atom is -0.544 e. The summed E-state index contributed by atoms with van der Waals surface area (Å²) in [5.74, 6) is -1.73. The van der Waals surface area contributed by atoms with Crippen LogP contribution < -0.4 is 5.11 Å². The van der Waals surface area contributed by atoms with Crippen molar-refractivity contribution >= 4 is 17.9 Å². The summed E-state index contributed by atoms with van der Waals surface area (Å²) in [6.45, 7) is 4.67. The second-order valence-electron chi connectivity index (χ2n) is 16.6. The third-order valence-electron chi connectivity index (χ3n) is 10.4. The summed E-state index contributed by atoms with van der Waals surface area (Å²) < 4.78 is 17.2. The van der Waals surface area contributed by atoms with E-state index in [1.54, 1.807) is 21.1 Å². The van der Waals surface area contributed by atoms with Gasteiger partial charge in [-0.2, -0.15) is 0 Å². The van der Waals surface area contributed by atoms with Crippen LogP contribution >= 0.6 is 0 Å². The molecular formula is C46H87NO7. The lowest BCUT2D eigenvalue weighted by Crippen LogP contribution is -2.55. The molecule has 0 aromatic heterocycles. The predicted octanol–water partition coefficient (Wildman–Crippen LogP) is 11.0. The monoisotopic (exact) mass is 766 g/mol. The van der Waals surface area contributed by atoms with Crippen molar-refractivity contribution < 1.29 is 38.2 Å². The molecule has 0 heterocycles. The van der Waals surface area contributed by atoms with Crippen LogP contribution in [0.25, 0.3) is 0 Å². The van der Waals surface area contributed by atoms with Gasteiger partial charge in [-0.05, 0) is 38.5 Å². The van der Waals surface area contributed by atoms with Gasteiger partial charge in [-0.1, -0.05) is 167 Å². The fraction of sp³-hybridized carbons (Fsp3) is 0.891. The Hall–Kier alpha value is -1.93. The number of allylic oxidation sites excluding steroid dienone is 2. The van der Waals surface area contributed by atoms with Crippen molar-refractivity contribution in [2.24, 2.45) is 0 Å². The van der Waals surface area contributed by atoms with E-state index in [1.165, 1.54) is 135 Å². The second kappa shape index (κ2) is 38.0.